The fraction of sp³-hybridized carbons (Fsp3) is 0.261. The number of rotatable bonds is 7. The van der Waals surface area contributed by atoms with Gasteiger partial charge >= 0.3 is 0 Å². The molecule has 0 unspecified atom stereocenters. The molecule has 4 aromatic rings. The minimum absolute atomic E-state index is 0.127. The first-order valence-corrected chi connectivity index (χ1v) is 10.5. The van der Waals surface area contributed by atoms with Gasteiger partial charge in [-0.15, -0.1) is 0 Å². The fourth-order valence-electron chi connectivity index (χ4n) is 3.80. The summed E-state index contributed by atoms with van der Waals surface area (Å²) in [7, 11) is 0. The number of imidazole rings is 1. The number of aliphatic imine (C=N–C) groups is 1. The summed E-state index contributed by atoms with van der Waals surface area (Å²) >= 11 is 4.67. The average Bonchev–Trinajstić information content (AvgIpc) is 3.13. The lowest BCUT2D eigenvalue weighted by Gasteiger charge is -2.13. The number of nitrogen functional groups attached to an aromatic ring is 1. The standard InChI is InChI=1S/C23H23N5O2S/c1-2-3-7-19-27-20-21(28(19)12-15-5-4-6-18(29)22(15)30)16-9-8-14(11-25-13-31)10-17(16)26-23(20)24/h4-6,8-10,29-30H,2-3,7,11-12H2,1H3,(H2,24,26). The number of nitrogens with two attached hydrogens (primary N) is 1. The van der Waals surface area contributed by atoms with Crippen LogP contribution in [-0.2, 0) is 19.5 Å². The summed E-state index contributed by atoms with van der Waals surface area (Å²) in [5.41, 5.74) is 10.1. The van der Waals surface area contributed by atoms with Crippen LogP contribution in [0.1, 0.15) is 36.7 Å². The van der Waals surface area contributed by atoms with E-state index in [1.54, 1.807) is 12.1 Å². The third-order valence-electron chi connectivity index (χ3n) is 5.35. The van der Waals surface area contributed by atoms with Gasteiger partial charge < -0.3 is 20.5 Å². The van der Waals surface area contributed by atoms with E-state index in [-0.39, 0.29) is 11.5 Å². The van der Waals surface area contributed by atoms with Crippen LogP contribution in [0.15, 0.2) is 41.4 Å². The van der Waals surface area contributed by atoms with Crippen LogP contribution in [0.25, 0.3) is 21.9 Å². The van der Waals surface area contributed by atoms with Crippen LogP contribution in [0.5, 0.6) is 11.5 Å². The fourth-order valence-corrected chi connectivity index (χ4v) is 3.86. The molecule has 4 rings (SSSR count). The van der Waals surface area contributed by atoms with Crippen LogP contribution in [0.4, 0.5) is 5.82 Å². The number of hydrogen-bond donors (Lipinski definition) is 3. The monoisotopic (exact) mass is 433 g/mol. The van der Waals surface area contributed by atoms with Crippen molar-refractivity contribution in [1.29, 1.82) is 0 Å². The van der Waals surface area contributed by atoms with E-state index < -0.39 is 0 Å². The van der Waals surface area contributed by atoms with E-state index in [2.05, 4.69) is 38.8 Å². The zero-order chi connectivity index (χ0) is 22.0. The molecule has 8 heteroatoms. The van der Waals surface area contributed by atoms with Crippen molar-refractivity contribution >= 4 is 45.1 Å². The van der Waals surface area contributed by atoms with Crippen LogP contribution in [0.2, 0.25) is 0 Å². The number of phenols is 2. The van der Waals surface area contributed by atoms with E-state index in [1.807, 2.05) is 18.2 Å². The van der Waals surface area contributed by atoms with Crippen molar-refractivity contribution in [2.75, 3.05) is 5.73 Å². The Kier molecular flexibility index (Phi) is 5.84. The van der Waals surface area contributed by atoms with Gasteiger partial charge in [0, 0.05) is 17.4 Å². The lowest BCUT2D eigenvalue weighted by molar-refractivity contribution is 0.398. The number of anilines is 1. The van der Waals surface area contributed by atoms with Crippen LogP contribution in [0.3, 0.4) is 0 Å². The summed E-state index contributed by atoms with van der Waals surface area (Å²) in [6.45, 7) is 2.91. The Labute approximate surface area is 184 Å². The van der Waals surface area contributed by atoms with Gasteiger partial charge in [-0.1, -0.05) is 37.6 Å². The Balaban J connectivity index is 1.95. The molecule has 0 aliphatic heterocycles. The van der Waals surface area contributed by atoms with Gasteiger partial charge in [0.1, 0.15) is 11.3 Å². The lowest BCUT2D eigenvalue weighted by atomic mass is 10.1. The van der Waals surface area contributed by atoms with E-state index in [0.29, 0.717) is 30.0 Å². The molecule has 2 aromatic heterocycles. The summed E-state index contributed by atoms with van der Waals surface area (Å²) in [6.07, 6.45) is 2.77. The number of para-hydroxylation sites is 1. The largest absolute Gasteiger partial charge is 0.504 e. The Morgan fingerprint density at radius 3 is 2.81 bits per heavy atom. The van der Waals surface area contributed by atoms with Crippen LogP contribution in [0, 0.1) is 0 Å². The molecule has 4 N–H and O–H groups in total. The second kappa shape index (κ2) is 8.71. The van der Waals surface area contributed by atoms with Gasteiger partial charge in [0.2, 0.25) is 0 Å². The van der Waals surface area contributed by atoms with E-state index >= 15 is 0 Å². The van der Waals surface area contributed by atoms with Crippen molar-refractivity contribution in [3.63, 3.8) is 0 Å². The van der Waals surface area contributed by atoms with Crippen molar-refractivity contribution < 1.29 is 10.2 Å². The van der Waals surface area contributed by atoms with E-state index in [9.17, 15) is 10.2 Å². The molecule has 0 atom stereocenters. The topological polar surface area (TPSA) is 110 Å². The summed E-state index contributed by atoms with van der Waals surface area (Å²) < 4.78 is 2.06. The molecule has 31 heavy (non-hydrogen) atoms. The number of nitrogens with zero attached hydrogens (tertiary/aromatic N) is 4. The highest BCUT2D eigenvalue weighted by molar-refractivity contribution is 7.78. The minimum Gasteiger partial charge on any atom is -0.504 e. The first kappa shape index (κ1) is 20.8. The number of isothiocyanates is 1. The van der Waals surface area contributed by atoms with Gasteiger partial charge in [0.05, 0.1) is 29.3 Å². The number of aromatic hydroxyl groups is 2. The molecule has 0 saturated heterocycles. The van der Waals surface area contributed by atoms with Gasteiger partial charge in [-0.2, -0.15) is 0 Å². The van der Waals surface area contributed by atoms with Crippen molar-refractivity contribution in [3.8, 4) is 11.5 Å². The molecular weight excluding hydrogens is 410 g/mol. The first-order chi connectivity index (χ1) is 15.0. The van der Waals surface area contributed by atoms with Gasteiger partial charge in [-0.3, -0.25) is 0 Å². The molecule has 7 nitrogen and oxygen atoms in total. The van der Waals surface area contributed by atoms with Crippen molar-refractivity contribution in [2.45, 2.75) is 39.3 Å². The molecule has 2 aromatic carbocycles. The highest BCUT2D eigenvalue weighted by atomic mass is 32.1. The number of aromatic nitrogens is 3. The summed E-state index contributed by atoms with van der Waals surface area (Å²) in [5, 5.41) is 23.6. The number of aryl methyl sites for hydroxylation is 1. The Morgan fingerprint density at radius 2 is 2.03 bits per heavy atom. The van der Waals surface area contributed by atoms with Crippen LogP contribution < -0.4 is 5.73 Å². The molecule has 0 saturated carbocycles. The molecule has 0 amide bonds. The van der Waals surface area contributed by atoms with Crippen LogP contribution >= 0.6 is 12.2 Å². The highest BCUT2D eigenvalue weighted by Gasteiger charge is 2.19. The molecule has 0 fully saturated rings. The molecular formula is C23H23N5O2S. The molecule has 0 aliphatic carbocycles. The maximum absolute atomic E-state index is 10.4. The van der Waals surface area contributed by atoms with E-state index in [1.165, 1.54) is 6.07 Å². The quantitative estimate of drug-likeness (QED) is 0.224. The second-order valence-corrected chi connectivity index (χ2v) is 7.64. The maximum Gasteiger partial charge on any atom is 0.162 e. The first-order valence-electron chi connectivity index (χ1n) is 10.1. The van der Waals surface area contributed by atoms with Gasteiger partial charge in [0.25, 0.3) is 0 Å². The molecule has 158 valence electrons. The molecule has 0 radical (unpaired) electrons. The highest BCUT2D eigenvalue weighted by Crippen LogP contribution is 2.33. The summed E-state index contributed by atoms with van der Waals surface area (Å²) in [6, 6.07) is 10.9. The normalized spacial score (nSPS) is 11.1. The number of hydrogen-bond acceptors (Lipinski definition) is 7. The Hall–Kier alpha value is -3.48. The third kappa shape index (κ3) is 3.95. The number of phenolic OH excluding ortho intramolecular Hbond substituents is 2. The Morgan fingerprint density at radius 1 is 1.19 bits per heavy atom. The van der Waals surface area contributed by atoms with Gasteiger partial charge in [-0.25, -0.2) is 15.0 Å². The Bertz CT molecular complexity index is 1330. The predicted octanol–water partition coefficient (Wildman–Crippen LogP) is 4.57. The van der Waals surface area contributed by atoms with Crippen molar-refractivity contribution in [2.24, 2.45) is 4.99 Å². The van der Waals surface area contributed by atoms with Crippen LogP contribution in [-0.4, -0.2) is 29.9 Å². The zero-order valence-corrected chi connectivity index (χ0v) is 18.0. The lowest BCUT2D eigenvalue weighted by Crippen LogP contribution is -2.06. The number of pyridine rings is 1. The summed E-state index contributed by atoms with van der Waals surface area (Å²) in [5.74, 6) is 0.953. The third-order valence-corrected chi connectivity index (χ3v) is 5.48. The molecule has 2 heterocycles. The number of benzene rings is 2. The second-order valence-electron chi connectivity index (χ2n) is 7.46. The van der Waals surface area contributed by atoms with Gasteiger partial charge in [-0.05, 0) is 36.3 Å². The van der Waals surface area contributed by atoms with Crippen molar-refractivity contribution in [3.05, 3.63) is 53.3 Å². The number of thiocarbonyl (C=S) groups is 1. The molecule has 0 aliphatic rings. The molecule has 0 spiro atoms. The predicted molar refractivity (Wildman–Crippen MR) is 126 cm³/mol. The maximum atomic E-state index is 10.4. The SMILES string of the molecule is CCCCc1nc2c(N)nc3cc(CN=C=S)ccc3c2n1Cc1cccc(O)c1O. The minimum atomic E-state index is -0.146. The number of fused-ring (bicyclic) bond motifs is 3. The number of unbranched alkanes of at least 4 members (excludes halogenated alkanes) is 1. The van der Waals surface area contributed by atoms with Gasteiger partial charge in [0.15, 0.2) is 17.3 Å². The van der Waals surface area contributed by atoms with E-state index in [0.717, 1.165) is 47.1 Å². The molecule has 0 bridgehead atoms. The van der Waals surface area contributed by atoms with Crippen molar-refractivity contribution in [1.82, 2.24) is 14.5 Å². The smallest absolute Gasteiger partial charge is 0.162 e. The summed E-state index contributed by atoms with van der Waals surface area (Å²) in [4.78, 5) is 13.4. The van der Waals surface area contributed by atoms with E-state index in [4.69, 9.17) is 10.7 Å². The average molecular weight is 434 g/mol. The zero-order valence-electron chi connectivity index (χ0n) is 17.2.